The Bertz CT molecular complexity index is 514. The molecule has 2 rings (SSSR count). The van der Waals surface area contributed by atoms with E-state index >= 15 is 0 Å². The van der Waals surface area contributed by atoms with Gasteiger partial charge >= 0.3 is 0 Å². The van der Waals surface area contributed by atoms with Gasteiger partial charge in [-0.1, -0.05) is 23.4 Å². The second kappa shape index (κ2) is 4.18. The molecule has 0 saturated heterocycles. The Labute approximate surface area is 93.8 Å². The predicted octanol–water partition coefficient (Wildman–Crippen LogP) is 2.38. The average molecular weight is 215 g/mol. The molecule has 0 saturated carbocycles. The minimum Gasteiger partial charge on any atom is -0.411 e. The molecule has 1 aromatic heterocycles. The van der Waals surface area contributed by atoms with Crippen molar-refractivity contribution in [3.8, 4) is 5.69 Å². The Balaban J connectivity index is 2.50. The lowest BCUT2D eigenvalue weighted by Crippen LogP contribution is -2.01. The molecule has 4 nitrogen and oxygen atoms in total. The maximum Gasteiger partial charge on any atom is 0.0871 e. The molecule has 82 valence electrons. The van der Waals surface area contributed by atoms with Gasteiger partial charge in [0.2, 0.25) is 0 Å². The molecule has 0 aliphatic heterocycles. The minimum atomic E-state index is 0.569. The summed E-state index contributed by atoms with van der Waals surface area (Å²) in [4.78, 5) is 0. The molecule has 0 fully saturated rings. The van der Waals surface area contributed by atoms with Crippen molar-refractivity contribution >= 4 is 5.71 Å². The third-order valence-corrected chi connectivity index (χ3v) is 2.55. The van der Waals surface area contributed by atoms with E-state index in [1.165, 1.54) is 0 Å². The van der Waals surface area contributed by atoms with E-state index in [4.69, 9.17) is 5.21 Å². The van der Waals surface area contributed by atoms with E-state index in [9.17, 15) is 0 Å². The van der Waals surface area contributed by atoms with Crippen molar-refractivity contribution in [2.75, 3.05) is 0 Å². The van der Waals surface area contributed by atoms with Crippen LogP contribution in [0, 0.1) is 6.92 Å². The van der Waals surface area contributed by atoms with Gasteiger partial charge in [0.15, 0.2) is 0 Å². The first kappa shape index (κ1) is 10.4. The van der Waals surface area contributed by atoms with Gasteiger partial charge in [0, 0.05) is 5.56 Å². The maximum atomic E-state index is 8.74. The van der Waals surface area contributed by atoms with Crippen LogP contribution < -0.4 is 0 Å². The molecule has 16 heavy (non-hydrogen) atoms. The van der Waals surface area contributed by atoms with Crippen molar-refractivity contribution in [3.05, 3.63) is 47.8 Å². The van der Waals surface area contributed by atoms with E-state index in [1.54, 1.807) is 13.1 Å². The molecule has 0 aliphatic carbocycles. The van der Waals surface area contributed by atoms with Gasteiger partial charge < -0.3 is 5.21 Å². The summed E-state index contributed by atoms with van der Waals surface area (Å²) >= 11 is 0. The number of nitrogens with zero attached hydrogens (tertiary/aromatic N) is 3. The molecule has 0 bridgehead atoms. The maximum absolute atomic E-state index is 8.74. The van der Waals surface area contributed by atoms with Crippen LogP contribution in [0.25, 0.3) is 5.69 Å². The predicted molar refractivity (Wildman–Crippen MR) is 62.3 cm³/mol. The van der Waals surface area contributed by atoms with Crippen molar-refractivity contribution in [1.82, 2.24) is 9.78 Å². The lowest BCUT2D eigenvalue weighted by atomic mass is 10.2. The Morgan fingerprint density at radius 3 is 2.62 bits per heavy atom. The van der Waals surface area contributed by atoms with E-state index in [1.807, 2.05) is 41.9 Å². The number of benzene rings is 1. The van der Waals surface area contributed by atoms with Gasteiger partial charge in [-0.3, -0.25) is 0 Å². The van der Waals surface area contributed by atoms with Gasteiger partial charge in [0.05, 0.1) is 23.3 Å². The fourth-order valence-electron chi connectivity index (χ4n) is 1.65. The summed E-state index contributed by atoms with van der Waals surface area (Å²) in [5.74, 6) is 0. The van der Waals surface area contributed by atoms with E-state index in [0.717, 1.165) is 16.9 Å². The molecule has 1 aromatic carbocycles. The smallest absolute Gasteiger partial charge is 0.0871 e. The number of para-hydroxylation sites is 1. The van der Waals surface area contributed by atoms with Crippen molar-refractivity contribution in [2.24, 2.45) is 5.16 Å². The summed E-state index contributed by atoms with van der Waals surface area (Å²) in [5, 5.41) is 16.2. The van der Waals surface area contributed by atoms with Crippen LogP contribution in [0.4, 0.5) is 0 Å². The number of hydrogen-bond donors (Lipinski definition) is 1. The van der Waals surface area contributed by atoms with Crippen LogP contribution in [-0.4, -0.2) is 20.7 Å². The van der Waals surface area contributed by atoms with Gasteiger partial charge in [-0.25, -0.2) is 4.68 Å². The summed E-state index contributed by atoms with van der Waals surface area (Å²) in [6.45, 7) is 3.70. The number of hydrogen-bond acceptors (Lipinski definition) is 3. The van der Waals surface area contributed by atoms with Crippen molar-refractivity contribution in [1.29, 1.82) is 0 Å². The highest BCUT2D eigenvalue weighted by molar-refractivity contribution is 5.99. The molecular weight excluding hydrogens is 202 g/mol. The van der Waals surface area contributed by atoms with Crippen LogP contribution >= 0.6 is 0 Å². The molecule has 1 heterocycles. The first-order valence-corrected chi connectivity index (χ1v) is 5.03. The third kappa shape index (κ3) is 1.69. The van der Waals surface area contributed by atoms with E-state index in [0.29, 0.717) is 5.71 Å². The third-order valence-electron chi connectivity index (χ3n) is 2.55. The second-order valence-corrected chi connectivity index (χ2v) is 3.58. The molecule has 0 spiro atoms. The van der Waals surface area contributed by atoms with Crippen molar-refractivity contribution in [3.63, 3.8) is 0 Å². The SMILES string of the molecule is C/C(=N/O)c1cnn(-c2ccccc2)c1C. The summed E-state index contributed by atoms with van der Waals surface area (Å²) < 4.78 is 1.82. The molecule has 2 aromatic rings. The zero-order chi connectivity index (χ0) is 11.5. The Kier molecular flexibility index (Phi) is 2.72. The molecule has 0 amide bonds. The van der Waals surface area contributed by atoms with E-state index in [-0.39, 0.29) is 0 Å². The Morgan fingerprint density at radius 2 is 2.00 bits per heavy atom. The molecule has 0 aliphatic rings. The summed E-state index contributed by atoms with van der Waals surface area (Å²) in [6.07, 6.45) is 1.71. The van der Waals surface area contributed by atoms with Gasteiger partial charge in [-0.15, -0.1) is 0 Å². The van der Waals surface area contributed by atoms with Crippen LogP contribution in [0.5, 0.6) is 0 Å². The minimum absolute atomic E-state index is 0.569. The van der Waals surface area contributed by atoms with E-state index in [2.05, 4.69) is 10.3 Å². The molecule has 0 radical (unpaired) electrons. The van der Waals surface area contributed by atoms with Gasteiger partial charge in [-0.2, -0.15) is 5.10 Å². The second-order valence-electron chi connectivity index (χ2n) is 3.58. The highest BCUT2D eigenvalue weighted by Crippen LogP contribution is 2.14. The zero-order valence-corrected chi connectivity index (χ0v) is 9.25. The number of oxime groups is 1. The summed E-state index contributed by atoms with van der Waals surface area (Å²) in [7, 11) is 0. The van der Waals surface area contributed by atoms with Crippen molar-refractivity contribution < 1.29 is 5.21 Å². The summed E-state index contributed by atoms with van der Waals surface area (Å²) in [6, 6.07) is 9.85. The first-order valence-electron chi connectivity index (χ1n) is 5.03. The molecular formula is C12H13N3O. The highest BCUT2D eigenvalue weighted by Gasteiger charge is 2.10. The quantitative estimate of drug-likeness (QED) is 0.475. The largest absolute Gasteiger partial charge is 0.411 e. The van der Waals surface area contributed by atoms with Crippen molar-refractivity contribution in [2.45, 2.75) is 13.8 Å². The lowest BCUT2D eigenvalue weighted by Gasteiger charge is -2.04. The van der Waals surface area contributed by atoms with Gasteiger partial charge in [0.25, 0.3) is 0 Å². The summed E-state index contributed by atoms with van der Waals surface area (Å²) in [5.41, 5.74) is 3.38. The lowest BCUT2D eigenvalue weighted by molar-refractivity contribution is 0.319. The monoisotopic (exact) mass is 215 g/mol. The van der Waals surface area contributed by atoms with Gasteiger partial charge in [-0.05, 0) is 26.0 Å². The standard InChI is InChI=1S/C12H13N3O/c1-9(14-16)12-8-13-15(10(12)2)11-6-4-3-5-7-11/h3-8,16H,1-2H3/b14-9-. The molecule has 0 atom stereocenters. The Hall–Kier alpha value is -2.10. The molecule has 1 N–H and O–H groups in total. The number of rotatable bonds is 2. The van der Waals surface area contributed by atoms with E-state index < -0.39 is 0 Å². The van der Waals surface area contributed by atoms with Crippen LogP contribution in [0.15, 0.2) is 41.7 Å². The van der Waals surface area contributed by atoms with Crippen LogP contribution in [0.2, 0.25) is 0 Å². The van der Waals surface area contributed by atoms with Crippen LogP contribution in [0.3, 0.4) is 0 Å². The van der Waals surface area contributed by atoms with Crippen LogP contribution in [-0.2, 0) is 0 Å². The fourth-order valence-corrected chi connectivity index (χ4v) is 1.65. The topological polar surface area (TPSA) is 50.4 Å². The normalized spacial score (nSPS) is 11.8. The fraction of sp³-hybridized carbons (Fsp3) is 0.167. The average Bonchev–Trinajstić information content (AvgIpc) is 2.71. The van der Waals surface area contributed by atoms with Crippen LogP contribution in [0.1, 0.15) is 18.2 Å². The highest BCUT2D eigenvalue weighted by atomic mass is 16.4. The van der Waals surface area contributed by atoms with Gasteiger partial charge in [0.1, 0.15) is 0 Å². The first-order chi connectivity index (χ1) is 7.74. The Morgan fingerprint density at radius 1 is 1.31 bits per heavy atom. The molecule has 4 heteroatoms. The number of aromatic nitrogens is 2. The zero-order valence-electron chi connectivity index (χ0n) is 9.25. The molecule has 0 unspecified atom stereocenters.